The molecule has 9 rings (SSSR count). The lowest BCUT2D eigenvalue weighted by molar-refractivity contribution is 0.432. The summed E-state index contributed by atoms with van der Waals surface area (Å²) in [5.41, 5.74) is 8.54. The maximum atomic E-state index is 5.84. The number of fused-ring (bicyclic) bond motifs is 6. The molecule has 0 aliphatic rings. The molecule has 0 aliphatic heterocycles. The summed E-state index contributed by atoms with van der Waals surface area (Å²) in [6.45, 7) is 0. The van der Waals surface area contributed by atoms with Crippen LogP contribution in [0.15, 0.2) is 150 Å². The first kappa shape index (κ1) is 23.7. The summed E-state index contributed by atoms with van der Waals surface area (Å²) in [5, 5.41) is 9.18. The molecule has 43 heavy (non-hydrogen) atoms. The van der Waals surface area contributed by atoms with Gasteiger partial charge < -0.3 is 13.7 Å². The average molecular weight is 553 g/mol. The van der Waals surface area contributed by atoms with Gasteiger partial charge in [-0.15, -0.1) is 0 Å². The van der Waals surface area contributed by atoms with E-state index in [2.05, 4.69) is 117 Å². The van der Waals surface area contributed by atoms with E-state index in [-0.39, 0.29) is 0 Å². The van der Waals surface area contributed by atoms with Crippen molar-refractivity contribution in [1.29, 1.82) is 0 Å². The van der Waals surface area contributed by atoms with Gasteiger partial charge in [-0.25, -0.2) is 0 Å². The number of rotatable bonds is 4. The van der Waals surface area contributed by atoms with Crippen LogP contribution in [-0.2, 0) is 0 Å². The number of hydrogen-bond donors (Lipinski definition) is 0. The Morgan fingerprint density at radius 1 is 0.465 bits per heavy atom. The van der Waals surface area contributed by atoms with Crippen LogP contribution in [0.4, 0.5) is 0 Å². The molecular formula is C38H24N4O. The smallest absolute Gasteiger partial charge is 0.260 e. The van der Waals surface area contributed by atoms with Gasteiger partial charge in [-0.3, -0.25) is 0 Å². The summed E-state index contributed by atoms with van der Waals surface area (Å²) in [7, 11) is 0. The van der Waals surface area contributed by atoms with Crippen molar-refractivity contribution < 1.29 is 4.52 Å². The average Bonchev–Trinajstić information content (AvgIpc) is 3.78. The van der Waals surface area contributed by atoms with E-state index in [1.54, 1.807) is 0 Å². The number of aromatic nitrogens is 4. The number of hydrogen-bond acceptors (Lipinski definition) is 3. The third-order valence-corrected chi connectivity index (χ3v) is 8.33. The van der Waals surface area contributed by atoms with Gasteiger partial charge in [-0.05, 0) is 48.5 Å². The minimum Gasteiger partial charge on any atom is -0.334 e. The molecule has 3 aromatic heterocycles. The zero-order valence-corrected chi connectivity index (χ0v) is 23.1. The molecule has 0 atom stereocenters. The Labute approximate surface area is 246 Å². The summed E-state index contributed by atoms with van der Waals surface area (Å²) in [6.07, 6.45) is 0. The Morgan fingerprint density at radius 3 is 1.74 bits per heavy atom. The van der Waals surface area contributed by atoms with Crippen molar-refractivity contribution in [2.75, 3.05) is 0 Å². The van der Waals surface area contributed by atoms with E-state index in [1.807, 2.05) is 42.5 Å². The van der Waals surface area contributed by atoms with Crippen molar-refractivity contribution in [2.45, 2.75) is 0 Å². The first-order chi connectivity index (χ1) is 21.3. The summed E-state index contributed by atoms with van der Waals surface area (Å²) < 4.78 is 10.5. The van der Waals surface area contributed by atoms with Gasteiger partial charge in [0.2, 0.25) is 5.82 Å². The van der Waals surface area contributed by atoms with Gasteiger partial charge >= 0.3 is 0 Å². The molecule has 0 bridgehead atoms. The summed E-state index contributed by atoms with van der Waals surface area (Å²) in [4.78, 5) is 4.79. The van der Waals surface area contributed by atoms with Crippen molar-refractivity contribution in [3.05, 3.63) is 146 Å². The van der Waals surface area contributed by atoms with E-state index < -0.39 is 0 Å². The largest absolute Gasteiger partial charge is 0.334 e. The summed E-state index contributed by atoms with van der Waals surface area (Å²) in [6, 6.07) is 50.7. The Morgan fingerprint density at radius 2 is 1.02 bits per heavy atom. The Balaban J connectivity index is 1.28. The van der Waals surface area contributed by atoms with Crippen molar-refractivity contribution in [3.63, 3.8) is 0 Å². The quantitative estimate of drug-likeness (QED) is 0.218. The van der Waals surface area contributed by atoms with Crippen LogP contribution in [0.1, 0.15) is 0 Å². The molecule has 0 spiro atoms. The standard InChI is InChI=1S/C38H24N4O/c1-2-12-25(13-3-1)37-39-38(43-40-37)30-17-7-11-21-35(30)42-34-20-10-6-16-29(34)31-24-26(22-23-36(31)42)41-32-18-8-4-14-27(32)28-15-5-9-19-33(28)41/h1-24H. The number of benzene rings is 6. The molecule has 202 valence electrons. The third kappa shape index (κ3) is 3.58. The first-order valence-corrected chi connectivity index (χ1v) is 14.4. The number of para-hydroxylation sites is 4. The van der Waals surface area contributed by atoms with Crippen LogP contribution in [0.5, 0.6) is 0 Å². The lowest BCUT2D eigenvalue weighted by atomic mass is 10.1. The molecular weight excluding hydrogens is 528 g/mol. The van der Waals surface area contributed by atoms with Gasteiger partial charge in [0.1, 0.15) is 0 Å². The molecule has 0 fully saturated rings. The lowest BCUT2D eigenvalue weighted by Gasteiger charge is -2.12. The van der Waals surface area contributed by atoms with Gasteiger partial charge in [-0.2, -0.15) is 4.98 Å². The molecule has 0 unspecified atom stereocenters. The molecule has 6 aromatic carbocycles. The SMILES string of the molecule is c1ccc(-c2noc(-c3ccccc3-n3c4ccccc4c4cc(-n5c6ccccc6c6ccccc65)ccc43)n2)cc1. The molecule has 0 radical (unpaired) electrons. The van der Waals surface area contributed by atoms with Gasteiger partial charge in [0.05, 0.1) is 33.3 Å². The predicted octanol–water partition coefficient (Wildman–Crippen LogP) is 9.60. The highest BCUT2D eigenvalue weighted by atomic mass is 16.5. The molecule has 3 heterocycles. The Kier molecular flexibility index (Phi) is 5.13. The highest BCUT2D eigenvalue weighted by Crippen LogP contribution is 2.38. The molecule has 0 aliphatic carbocycles. The molecule has 5 nitrogen and oxygen atoms in total. The second-order valence-corrected chi connectivity index (χ2v) is 10.7. The van der Waals surface area contributed by atoms with Crippen LogP contribution in [0.2, 0.25) is 0 Å². The second-order valence-electron chi connectivity index (χ2n) is 10.7. The van der Waals surface area contributed by atoms with E-state index in [1.165, 1.54) is 32.6 Å². The van der Waals surface area contributed by atoms with Crippen LogP contribution >= 0.6 is 0 Å². The molecule has 0 saturated carbocycles. The third-order valence-electron chi connectivity index (χ3n) is 8.33. The lowest BCUT2D eigenvalue weighted by Crippen LogP contribution is -1.98. The van der Waals surface area contributed by atoms with E-state index in [0.717, 1.165) is 33.5 Å². The van der Waals surface area contributed by atoms with E-state index in [9.17, 15) is 0 Å². The van der Waals surface area contributed by atoms with Crippen molar-refractivity contribution in [2.24, 2.45) is 0 Å². The van der Waals surface area contributed by atoms with E-state index in [0.29, 0.717) is 11.7 Å². The number of nitrogens with zero attached hydrogens (tertiary/aromatic N) is 4. The molecule has 0 N–H and O–H groups in total. The maximum absolute atomic E-state index is 5.84. The van der Waals surface area contributed by atoms with E-state index >= 15 is 0 Å². The van der Waals surface area contributed by atoms with Crippen LogP contribution in [0.25, 0.3) is 77.8 Å². The summed E-state index contributed by atoms with van der Waals surface area (Å²) in [5.74, 6) is 1.06. The zero-order chi connectivity index (χ0) is 28.3. The zero-order valence-electron chi connectivity index (χ0n) is 23.1. The van der Waals surface area contributed by atoms with Gasteiger partial charge in [-0.1, -0.05) is 102 Å². The van der Waals surface area contributed by atoms with Gasteiger partial charge in [0.25, 0.3) is 5.89 Å². The fraction of sp³-hybridized carbons (Fsp3) is 0. The fourth-order valence-electron chi connectivity index (χ4n) is 6.45. The highest BCUT2D eigenvalue weighted by Gasteiger charge is 2.20. The van der Waals surface area contributed by atoms with Crippen molar-refractivity contribution >= 4 is 43.6 Å². The molecule has 9 aromatic rings. The predicted molar refractivity (Wildman–Crippen MR) is 174 cm³/mol. The van der Waals surface area contributed by atoms with Gasteiger partial charge in [0.15, 0.2) is 0 Å². The highest BCUT2D eigenvalue weighted by molar-refractivity contribution is 6.12. The summed E-state index contributed by atoms with van der Waals surface area (Å²) >= 11 is 0. The molecule has 5 heteroatoms. The van der Waals surface area contributed by atoms with Crippen molar-refractivity contribution in [3.8, 4) is 34.2 Å². The molecule has 0 saturated heterocycles. The van der Waals surface area contributed by atoms with Gasteiger partial charge in [0, 0.05) is 32.8 Å². The topological polar surface area (TPSA) is 48.8 Å². The Hall–Kier alpha value is -5.94. The monoisotopic (exact) mass is 552 g/mol. The van der Waals surface area contributed by atoms with Crippen LogP contribution < -0.4 is 0 Å². The maximum Gasteiger partial charge on any atom is 0.260 e. The minimum absolute atomic E-state index is 0.488. The van der Waals surface area contributed by atoms with Crippen LogP contribution in [-0.4, -0.2) is 19.3 Å². The first-order valence-electron chi connectivity index (χ1n) is 14.4. The Bertz CT molecular complexity index is 2410. The minimum atomic E-state index is 0.488. The normalized spacial score (nSPS) is 11.7. The van der Waals surface area contributed by atoms with Crippen LogP contribution in [0, 0.1) is 0 Å². The fourth-order valence-corrected chi connectivity index (χ4v) is 6.45. The van der Waals surface area contributed by atoms with Crippen LogP contribution in [0.3, 0.4) is 0 Å². The molecule has 0 amide bonds. The second kappa shape index (κ2) is 9.29. The van der Waals surface area contributed by atoms with Crippen molar-refractivity contribution in [1.82, 2.24) is 19.3 Å². The van der Waals surface area contributed by atoms with E-state index in [4.69, 9.17) is 9.51 Å².